The van der Waals surface area contributed by atoms with E-state index in [-0.39, 0.29) is 5.91 Å². The highest BCUT2D eigenvalue weighted by molar-refractivity contribution is 5.94. The molecule has 2 N–H and O–H groups in total. The summed E-state index contributed by atoms with van der Waals surface area (Å²) in [5, 5.41) is 6.77. The molecule has 0 radical (unpaired) electrons. The molecule has 1 saturated heterocycles. The minimum absolute atomic E-state index is 0.263. The van der Waals surface area contributed by atoms with Crippen molar-refractivity contribution in [3.63, 3.8) is 0 Å². The van der Waals surface area contributed by atoms with Crippen molar-refractivity contribution >= 4 is 17.6 Å². The summed E-state index contributed by atoms with van der Waals surface area (Å²) >= 11 is 0. The van der Waals surface area contributed by atoms with E-state index in [0.29, 0.717) is 32.1 Å². The van der Waals surface area contributed by atoms with Gasteiger partial charge >= 0.3 is 0 Å². The van der Waals surface area contributed by atoms with E-state index in [1.54, 1.807) is 0 Å². The highest BCUT2D eigenvalue weighted by Gasteiger charge is 2.19. The summed E-state index contributed by atoms with van der Waals surface area (Å²) < 4.78 is 17.2. The molecule has 2 aliphatic heterocycles. The number of amides is 1. The number of aliphatic imine (C=N–C) groups is 1. The van der Waals surface area contributed by atoms with Gasteiger partial charge in [-0.15, -0.1) is 0 Å². The highest BCUT2D eigenvalue weighted by Crippen LogP contribution is 2.32. The summed E-state index contributed by atoms with van der Waals surface area (Å²) in [5.41, 5.74) is 0.895. The van der Waals surface area contributed by atoms with Gasteiger partial charge in [-0.2, -0.15) is 0 Å². The van der Waals surface area contributed by atoms with E-state index < -0.39 is 0 Å². The van der Waals surface area contributed by atoms with E-state index in [4.69, 9.17) is 19.2 Å². The Morgan fingerprint density at radius 2 is 2.03 bits per heavy atom. The van der Waals surface area contributed by atoms with Gasteiger partial charge in [0.2, 0.25) is 5.91 Å². The van der Waals surface area contributed by atoms with Crippen molar-refractivity contribution in [2.24, 2.45) is 10.9 Å². The van der Waals surface area contributed by atoms with E-state index in [2.05, 4.69) is 24.5 Å². The molecule has 2 heterocycles. The van der Waals surface area contributed by atoms with E-state index >= 15 is 0 Å². The normalized spacial score (nSPS) is 16.4. The molecule has 2 aliphatic rings. The Morgan fingerprint density at radius 1 is 1.19 bits per heavy atom. The predicted octanol–water partition coefficient (Wildman–Crippen LogP) is 3.28. The van der Waals surface area contributed by atoms with Crippen LogP contribution in [0.15, 0.2) is 23.2 Å². The van der Waals surface area contributed by atoms with E-state index in [0.717, 1.165) is 81.7 Å². The van der Waals surface area contributed by atoms with Gasteiger partial charge in [-0.3, -0.25) is 9.79 Å². The first-order chi connectivity index (χ1) is 15.6. The number of anilines is 1. The first-order valence-corrected chi connectivity index (χ1v) is 11.9. The number of hydrogen-bond acceptors (Lipinski definition) is 5. The lowest BCUT2D eigenvalue weighted by molar-refractivity contribution is -0.127. The lowest BCUT2D eigenvalue weighted by atomic mass is 10.2. The van der Waals surface area contributed by atoms with E-state index in [9.17, 15) is 4.79 Å². The van der Waals surface area contributed by atoms with E-state index in [1.165, 1.54) is 0 Å². The van der Waals surface area contributed by atoms with Crippen molar-refractivity contribution in [1.29, 1.82) is 0 Å². The number of nitrogens with one attached hydrogen (secondary N) is 2. The number of hydrogen-bond donors (Lipinski definition) is 2. The van der Waals surface area contributed by atoms with E-state index in [1.807, 2.05) is 23.1 Å². The van der Waals surface area contributed by atoms with Crippen LogP contribution in [0.2, 0.25) is 0 Å². The molecule has 8 heteroatoms. The lowest BCUT2D eigenvalue weighted by Crippen LogP contribution is -2.33. The molecule has 3 rings (SSSR count). The molecule has 0 aromatic heterocycles. The first kappa shape index (κ1) is 24.2. The van der Waals surface area contributed by atoms with Crippen LogP contribution in [0.4, 0.5) is 5.69 Å². The molecular weight excluding hydrogens is 408 g/mol. The van der Waals surface area contributed by atoms with Crippen LogP contribution in [-0.4, -0.2) is 69.4 Å². The summed E-state index contributed by atoms with van der Waals surface area (Å²) in [6, 6.07) is 5.85. The molecule has 178 valence electrons. The monoisotopic (exact) mass is 446 g/mol. The number of nitrogens with zero attached hydrogens (tertiary/aromatic N) is 2. The van der Waals surface area contributed by atoms with Gasteiger partial charge in [-0.05, 0) is 37.3 Å². The zero-order valence-electron chi connectivity index (χ0n) is 19.5. The van der Waals surface area contributed by atoms with Crippen molar-refractivity contribution < 1.29 is 19.0 Å². The second-order valence-corrected chi connectivity index (χ2v) is 8.65. The third-order valence-corrected chi connectivity index (χ3v) is 5.25. The Morgan fingerprint density at radius 3 is 2.81 bits per heavy atom. The average Bonchev–Trinajstić information content (AvgIpc) is 3.04. The summed E-state index contributed by atoms with van der Waals surface area (Å²) in [6.07, 6.45) is 4.28. The number of carbonyl (C=O) groups is 1. The van der Waals surface area contributed by atoms with Crippen LogP contribution >= 0.6 is 0 Å². The van der Waals surface area contributed by atoms with Crippen molar-refractivity contribution in [3.8, 4) is 11.5 Å². The summed E-state index contributed by atoms with van der Waals surface area (Å²) in [4.78, 5) is 18.4. The quantitative estimate of drug-likeness (QED) is 0.308. The van der Waals surface area contributed by atoms with Gasteiger partial charge in [0.05, 0.1) is 13.2 Å². The highest BCUT2D eigenvalue weighted by atomic mass is 16.5. The maximum atomic E-state index is 11.8. The fraction of sp³-hybridized carbons (Fsp3) is 0.667. The molecule has 0 unspecified atom stereocenters. The SMILES string of the molecule is CC(C)COCCCNC(=NCCCN1CCCC1=O)Nc1ccc2c(c1)OCCCO2. The van der Waals surface area contributed by atoms with Gasteiger partial charge in [-0.1, -0.05) is 13.8 Å². The summed E-state index contributed by atoms with van der Waals surface area (Å²) in [5.74, 6) is 3.05. The molecule has 0 aliphatic carbocycles. The fourth-order valence-corrected chi connectivity index (χ4v) is 3.61. The molecular formula is C24H38N4O4. The number of likely N-dealkylation sites (tertiary alicyclic amines) is 1. The second kappa shape index (κ2) is 13.2. The average molecular weight is 447 g/mol. The molecule has 0 saturated carbocycles. The topological polar surface area (TPSA) is 84.4 Å². The van der Waals surface area contributed by atoms with Crippen molar-refractivity contribution in [2.45, 2.75) is 46.0 Å². The molecule has 1 aromatic rings. The van der Waals surface area contributed by atoms with Crippen LogP contribution in [0.25, 0.3) is 0 Å². The minimum atomic E-state index is 0.263. The van der Waals surface area contributed by atoms with Gasteiger partial charge in [-0.25, -0.2) is 0 Å². The molecule has 0 bridgehead atoms. The molecule has 1 aromatic carbocycles. The van der Waals surface area contributed by atoms with Crippen LogP contribution in [-0.2, 0) is 9.53 Å². The smallest absolute Gasteiger partial charge is 0.222 e. The lowest BCUT2D eigenvalue weighted by Gasteiger charge is -2.16. The van der Waals surface area contributed by atoms with Crippen molar-refractivity contribution in [3.05, 3.63) is 18.2 Å². The largest absolute Gasteiger partial charge is 0.490 e. The molecule has 32 heavy (non-hydrogen) atoms. The third-order valence-electron chi connectivity index (χ3n) is 5.25. The Labute approximate surface area is 191 Å². The zero-order valence-corrected chi connectivity index (χ0v) is 19.5. The number of ether oxygens (including phenoxy) is 3. The van der Waals surface area contributed by atoms with Crippen LogP contribution in [0.3, 0.4) is 0 Å². The first-order valence-electron chi connectivity index (χ1n) is 11.9. The zero-order chi connectivity index (χ0) is 22.6. The van der Waals surface area contributed by atoms with Gasteiger partial charge in [0.15, 0.2) is 17.5 Å². The Kier molecular flexibility index (Phi) is 9.94. The van der Waals surface area contributed by atoms with Crippen molar-refractivity contribution in [2.75, 3.05) is 57.9 Å². The maximum Gasteiger partial charge on any atom is 0.222 e. The Bertz CT molecular complexity index is 754. The van der Waals surface area contributed by atoms with Gasteiger partial charge in [0.1, 0.15) is 0 Å². The number of fused-ring (bicyclic) bond motifs is 1. The summed E-state index contributed by atoms with van der Waals surface area (Å²) in [7, 11) is 0. The predicted molar refractivity (Wildman–Crippen MR) is 127 cm³/mol. The second-order valence-electron chi connectivity index (χ2n) is 8.65. The van der Waals surface area contributed by atoms with Crippen LogP contribution in [0.5, 0.6) is 11.5 Å². The minimum Gasteiger partial charge on any atom is -0.490 e. The number of guanidine groups is 1. The van der Waals surface area contributed by atoms with Crippen molar-refractivity contribution in [1.82, 2.24) is 10.2 Å². The Balaban J connectivity index is 1.52. The number of carbonyl (C=O) groups excluding carboxylic acids is 1. The third kappa shape index (κ3) is 8.22. The Hall–Kier alpha value is -2.48. The number of benzene rings is 1. The van der Waals surface area contributed by atoms with Gasteiger partial charge < -0.3 is 29.7 Å². The van der Waals surface area contributed by atoms with Crippen LogP contribution in [0, 0.1) is 5.92 Å². The molecule has 1 amide bonds. The molecule has 0 spiro atoms. The fourth-order valence-electron chi connectivity index (χ4n) is 3.61. The molecule has 0 atom stereocenters. The standard InChI is InChI=1S/C24H38N4O4/c1-19(2)18-30-14-5-11-26-24(25-10-4-13-28-12-3-7-23(28)29)27-20-8-9-21-22(17-20)32-16-6-15-31-21/h8-9,17,19H,3-7,10-16,18H2,1-2H3,(H2,25,26,27). The van der Waals surface area contributed by atoms with Gasteiger partial charge in [0, 0.05) is 64.0 Å². The number of rotatable bonds is 11. The van der Waals surface area contributed by atoms with Crippen LogP contribution < -0.4 is 20.1 Å². The maximum absolute atomic E-state index is 11.8. The van der Waals surface area contributed by atoms with Gasteiger partial charge in [0.25, 0.3) is 0 Å². The molecule has 1 fully saturated rings. The summed E-state index contributed by atoms with van der Waals surface area (Å²) in [6.45, 7) is 10.2. The van der Waals surface area contributed by atoms with Crippen LogP contribution in [0.1, 0.15) is 46.0 Å². The molecule has 8 nitrogen and oxygen atoms in total.